The molecule has 0 radical (unpaired) electrons. The molecule has 2 amide bonds. The maximum atomic E-state index is 11.2. The maximum Gasteiger partial charge on any atom is 0.317 e. The van der Waals surface area contributed by atoms with Crippen LogP contribution >= 0.6 is 0 Å². The lowest BCUT2D eigenvalue weighted by Gasteiger charge is -2.21. The molecule has 4 heteroatoms. The zero-order valence-electron chi connectivity index (χ0n) is 7.12. The Morgan fingerprint density at radius 1 is 1.50 bits per heavy atom. The molecule has 12 heavy (non-hydrogen) atoms. The van der Waals surface area contributed by atoms with Crippen molar-refractivity contribution in [2.75, 3.05) is 13.1 Å². The van der Waals surface area contributed by atoms with Gasteiger partial charge in [0.15, 0.2) is 0 Å². The number of nitrogens with zero attached hydrogens (tertiary/aromatic N) is 1. The number of carbonyl (C=O) groups excluding carboxylic acids is 1. The van der Waals surface area contributed by atoms with Crippen LogP contribution in [0.1, 0.15) is 19.3 Å². The number of hydrogen-bond donors (Lipinski definition) is 2. The van der Waals surface area contributed by atoms with E-state index in [9.17, 15) is 4.79 Å². The van der Waals surface area contributed by atoms with Crippen LogP contribution in [-0.4, -0.2) is 36.1 Å². The Bertz CT molecular complexity index is 195. The molecule has 4 nitrogen and oxygen atoms in total. The van der Waals surface area contributed by atoms with Crippen molar-refractivity contribution in [2.45, 2.75) is 31.3 Å². The summed E-state index contributed by atoms with van der Waals surface area (Å²) < 4.78 is 0. The molecule has 0 aromatic rings. The molecule has 0 aromatic carbocycles. The van der Waals surface area contributed by atoms with Crippen LogP contribution in [0.3, 0.4) is 0 Å². The second-order valence-electron chi connectivity index (χ2n) is 3.65. The van der Waals surface area contributed by atoms with Gasteiger partial charge in [-0.3, -0.25) is 0 Å². The lowest BCUT2D eigenvalue weighted by atomic mass is 10.2. The van der Waals surface area contributed by atoms with Crippen molar-refractivity contribution >= 4 is 6.03 Å². The Labute approximate surface area is 72.1 Å². The summed E-state index contributed by atoms with van der Waals surface area (Å²) >= 11 is 0. The van der Waals surface area contributed by atoms with Crippen molar-refractivity contribution in [3.63, 3.8) is 0 Å². The van der Waals surface area contributed by atoms with Crippen LogP contribution in [0.4, 0.5) is 4.79 Å². The third-order valence-corrected chi connectivity index (χ3v) is 2.78. The van der Waals surface area contributed by atoms with E-state index in [4.69, 9.17) is 5.73 Å². The Morgan fingerprint density at radius 3 is 2.83 bits per heavy atom. The first-order valence-electron chi connectivity index (χ1n) is 4.57. The highest BCUT2D eigenvalue weighted by Gasteiger charge is 2.32. The van der Waals surface area contributed by atoms with Gasteiger partial charge in [-0.05, 0) is 19.3 Å². The largest absolute Gasteiger partial charge is 0.336 e. The van der Waals surface area contributed by atoms with Gasteiger partial charge >= 0.3 is 6.03 Å². The van der Waals surface area contributed by atoms with Gasteiger partial charge in [-0.2, -0.15) is 0 Å². The standard InChI is InChI=1S/C8H15N3O/c9-6-1-2-7(5-6)11-4-3-10-8(11)12/h6-7H,1-5,9H2,(H,10,12). The highest BCUT2D eigenvalue weighted by molar-refractivity contribution is 5.76. The molecule has 2 rings (SSSR count). The first-order chi connectivity index (χ1) is 5.77. The van der Waals surface area contributed by atoms with E-state index in [1.54, 1.807) is 0 Å². The summed E-state index contributed by atoms with van der Waals surface area (Å²) in [6.45, 7) is 1.65. The molecule has 2 fully saturated rings. The van der Waals surface area contributed by atoms with Crippen LogP contribution in [0, 0.1) is 0 Å². The van der Waals surface area contributed by atoms with Gasteiger partial charge in [0.05, 0.1) is 0 Å². The number of carbonyl (C=O) groups is 1. The Kier molecular flexibility index (Phi) is 1.92. The van der Waals surface area contributed by atoms with Gasteiger partial charge in [0.2, 0.25) is 0 Å². The second kappa shape index (κ2) is 2.94. The Morgan fingerprint density at radius 2 is 2.33 bits per heavy atom. The van der Waals surface area contributed by atoms with Crippen molar-refractivity contribution in [3.05, 3.63) is 0 Å². The topological polar surface area (TPSA) is 58.4 Å². The van der Waals surface area contributed by atoms with Gasteiger partial charge < -0.3 is 16.0 Å². The van der Waals surface area contributed by atoms with Crippen LogP contribution in [-0.2, 0) is 0 Å². The molecular formula is C8H15N3O. The second-order valence-corrected chi connectivity index (χ2v) is 3.65. The summed E-state index contributed by atoms with van der Waals surface area (Å²) in [4.78, 5) is 13.2. The molecule has 1 saturated heterocycles. The highest BCUT2D eigenvalue weighted by Crippen LogP contribution is 2.23. The predicted octanol–water partition coefficient (Wildman–Crippen LogP) is -0.109. The van der Waals surface area contributed by atoms with Gasteiger partial charge in [-0.25, -0.2) is 4.79 Å². The molecule has 2 aliphatic rings. The fourth-order valence-corrected chi connectivity index (χ4v) is 2.11. The summed E-state index contributed by atoms with van der Waals surface area (Å²) in [5.74, 6) is 0. The highest BCUT2D eigenvalue weighted by atomic mass is 16.2. The van der Waals surface area contributed by atoms with E-state index in [2.05, 4.69) is 5.32 Å². The van der Waals surface area contributed by atoms with Gasteiger partial charge in [0, 0.05) is 25.2 Å². The van der Waals surface area contributed by atoms with Gasteiger partial charge in [0.25, 0.3) is 0 Å². The SMILES string of the molecule is NC1CCC(N2CCNC2=O)C1. The number of amides is 2. The normalized spacial score (nSPS) is 35.8. The third kappa shape index (κ3) is 1.27. The first kappa shape index (κ1) is 7.86. The average molecular weight is 169 g/mol. The lowest BCUT2D eigenvalue weighted by Crippen LogP contribution is -2.37. The maximum absolute atomic E-state index is 11.2. The molecule has 2 unspecified atom stereocenters. The number of nitrogens with one attached hydrogen (secondary N) is 1. The van der Waals surface area contributed by atoms with E-state index < -0.39 is 0 Å². The van der Waals surface area contributed by atoms with E-state index >= 15 is 0 Å². The minimum Gasteiger partial charge on any atom is -0.336 e. The minimum absolute atomic E-state index is 0.0918. The number of hydrogen-bond acceptors (Lipinski definition) is 2. The van der Waals surface area contributed by atoms with Crippen LogP contribution < -0.4 is 11.1 Å². The molecule has 3 N–H and O–H groups in total. The minimum atomic E-state index is 0.0918. The van der Waals surface area contributed by atoms with Crippen molar-refractivity contribution < 1.29 is 4.79 Å². The summed E-state index contributed by atoms with van der Waals surface area (Å²) in [6.07, 6.45) is 3.12. The molecule has 0 spiro atoms. The summed E-state index contributed by atoms with van der Waals surface area (Å²) in [5.41, 5.74) is 5.78. The molecule has 68 valence electrons. The Balaban J connectivity index is 1.96. The van der Waals surface area contributed by atoms with Crippen molar-refractivity contribution in [1.29, 1.82) is 0 Å². The van der Waals surface area contributed by atoms with E-state index in [-0.39, 0.29) is 6.03 Å². The molecule has 1 saturated carbocycles. The zero-order chi connectivity index (χ0) is 8.55. The zero-order valence-corrected chi connectivity index (χ0v) is 7.12. The predicted molar refractivity (Wildman–Crippen MR) is 45.7 cm³/mol. The van der Waals surface area contributed by atoms with Crippen molar-refractivity contribution in [2.24, 2.45) is 5.73 Å². The van der Waals surface area contributed by atoms with Gasteiger partial charge in [0.1, 0.15) is 0 Å². The third-order valence-electron chi connectivity index (χ3n) is 2.78. The van der Waals surface area contributed by atoms with Crippen LogP contribution in [0.15, 0.2) is 0 Å². The molecule has 2 atom stereocenters. The van der Waals surface area contributed by atoms with Gasteiger partial charge in [-0.15, -0.1) is 0 Å². The fourth-order valence-electron chi connectivity index (χ4n) is 2.11. The molecule has 1 aliphatic carbocycles. The summed E-state index contributed by atoms with van der Waals surface area (Å²) in [5, 5.41) is 2.81. The van der Waals surface area contributed by atoms with Crippen LogP contribution in [0.25, 0.3) is 0 Å². The quantitative estimate of drug-likeness (QED) is 0.575. The van der Waals surface area contributed by atoms with E-state index in [0.717, 1.165) is 32.4 Å². The molecule has 1 heterocycles. The fraction of sp³-hybridized carbons (Fsp3) is 0.875. The number of urea groups is 1. The number of rotatable bonds is 1. The van der Waals surface area contributed by atoms with Crippen molar-refractivity contribution in [3.8, 4) is 0 Å². The molecular weight excluding hydrogens is 154 g/mol. The van der Waals surface area contributed by atoms with Crippen LogP contribution in [0.5, 0.6) is 0 Å². The first-order valence-corrected chi connectivity index (χ1v) is 4.57. The van der Waals surface area contributed by atoms with Crippen LogP contribution in [0.2, 0.25) is 0 Å². The molecule has 1 aliphatic heterocycles. The summed E-state index contributed by atoms with van der Waals surface area (Å²) in [7, 11) is 0. The molecule has 0 bridgehead atoms. The monoisotopic (exact) mass is 169 g/mol. The average Bonchev–Trinajstić information content (AvgIpc) is 2.58. The number of nitrogens with two attached hydrogens (primary N) is 1. The lowest BCUT2D eigenvalue weighted by molar-refractivity contribution is 0.198. The Hall–Kier alpha value is -0.770. The van der Waals surface area contributed by atoms with E-state index in [1.807, 2.05) is 4.90 Å². The van der Waals surface area contributed by atoms with E-state index in [0.29, 0.717) is 12.1 Å². The summed E-state index contributed by atoms with van der Waals surface area (Å²) in [6, 6.07) is 0.806. The van der Waals surface area contributed by atoms with Gasteiger partial charge in [-0.1, -0.05) is 0 Å². The van der Waals surface area contributed by atoms with Crippen molar-refractivity contribution in [1.82, 2.24) is 10.2 Å². The van der Waals surface area contributed by atoms with E-state index in [1.165, 1.54) is 0 Å². The smallest absolute Gasteiger partial charge is 0.317 e. The molecule has 0 aromatic heterocycles.